The van der Waals surface area contributed by atoms with Crippen molar-refractivity contribution in [1.82, 2.24) is 5.32 Å². The summed E-state index contributed by atoms with van der Waals surface area (Å²) in [4.78, 5) is 11.8. The van der Waals surface area contributed by atoms with Gasteiger partial charge < -0.3 is 10.1 Å². The Bertz CT molecular complexity index is 581. The monoisotopic (exact) mass is 289 g/mol. The van der Waals surface area contributed by atoms with E-state index in [4.69, 9.17) is 15.4 Å². The van der Waals surface area contributed by atoms with Crippen LogP contribution < -0.4 is 10.1 Å². The van der Waals surface area contributed by atoms with Crippen LogP contribution in [-0.2, 0) is 9.05 Å². The Kier molecular flexibility index (Phi) is 3.49. The molecule has 0 bridgehead atoms. The van der Waals surface area contributed by atoms with E-state index in [1.54, 1.807) is 0 Å². The smallest absolute Gasteiger partial charge is 0.261 e. The molecule has 1 saturated carbocycles. The third kappa shape index (κ3) is 2.94. The van der Waals surface area contributed by atoms with E-state index in [1.165, 1.54) is 25.3 Å². The fraction of sp³-hybridized carbons (Fsp3) is 0.364. The molecule has 1 aromatic rings. The number of benzene rings is 1. The minimum atomic E-state index is -3.86. The summed E-state index contributed by atoms with van der Waals surface area (Å²) in [6, 6.07) is 4.11. The molecular formula is C11H12ClNO4S. The quantitative estimate of drug-likeness (QED) is 0.853. The van der Waals surface area contributed by atoms with Gasteiger partial charge in [-0.2, -0.15) is 0 Å². The fourth-order valence-corrected chi connectivity index (χ4v) is 2.28. The largest absolute Gasteiger partial charge is 0.496 e. The van der Waals surface area contributed by atoms with Crippen molar-refractivity contribution in [3.05, 3.63) is 23.8 Å². The van der Waals surface area contributed by atoms with Gasteiger partial charge >= 0.3 is 0 Å². The van der Waals surface area contributed by atoms with Gasteiger partial charge in [-0.3, -0.25) is 4.79 Å². The summed E-state index contributed by atoms with van der Waals surface area (Å²) in [6.45, 7) is 0. The lowest BCUT2D eigenvalue weighted by Gasteiger charge is -2.09. The maximum absolute atomic E-state index is 11.9. The number of halogens is 1. The number of carbonyl (C=O) groups is 1. The predicted octanol–water partition coefficient (Wildman–Crippen LogP) is 1.51. The lowest BCUT2D eigenvalue weighted by atomic mass is 10.2. The second-order valence-corrected chi connectivity index (χ2v) is 6.61. The highest BCUT2D eigenvalue weighted by Crippen LogP contribution is 2.26. The summed E-state index contributed by atoms with van der Waals surface area (Å²) in [6.07, 6.45) is 1.89. The zero-order valence-electron chi connectivity index (χ0n) is 9.64. The first-order chi connectivity index (χ1) is 8.41. The molecule has 2 rings (SSSR count). The SMILES string of the molecule is COc1ccc(S(=O)(=O)Cl)cc1C(=O)NC1CC1. The Labute approximate surface area is 110 Å². The second kappa shape index (κ2) is 4.78. The van der Waals surface area contributed by atoms with Crippen LogP contribution in [0.15, 0.2) is 23.1 Å². The van der Waals surface area contributed by atoms with Gasteiger partial charge in [-0.25, -0.2) is 8.42 Å². The maximum atomic E-state index is 11.9. The Morgan fingerprint density at radius 3 is 2.61 bits per heavy atom. The van der Waals surface area contributed by atoms with Crippen LogP contribution in [0.4, 0.5) is 0 Å². The fourth-order valence-electron chi connectivity index (χ4n) is 1.51. The molecule has 1 aliphatic rings. The van der Waals surface area contributed by atoms with Crippen LogP contribution in [0.1, 0.15) is 23.2 Å². The van der Waals surface area contributed by atoms with Crippen molar-refractivity contribution < 1.29 is 17.9 Å². The number of rotatable bonds is 4. The van der Waals surface area contributed by atoms with Crippen LogP contribution in [0.2, 0.25) is 0 Å². The van der Waals surface area contributed by atoms with Crippen molar-refractivity contribution in [3.63, 3.8) is 0 Å². The molecule has 0 atom stereocenters. The van der Waals surface area contributed by atoms with Gasteiger partial charge in [0.15, 0.2) is 0 Å². The van der Waals surface area contributed by atoms with Crippen LogP contribution in [0.5, 0.6) is 5.75 Å². The van der Waals surface area contributed by atoms with E-state index in [0.29, 0.717) is 5.75 Å². The molecule has 0 unspecified atom stereocenters. The molecule has 1 fully saturated rings. The lowest BCUT2D eigenvalue weighted by molar-refractivity contribution is 0.0948. The van der Waals surface area contributed by atoms with Gasteiger partial charge in [0.25, 0.3) is 15.0 Å². The lowest BCUT2D eigenvalue weighted by Crippen LogP contribution is -2.26. The van der Waals surface area contributed by atoms with E-state index < -0.39 is 9.05 Å². The van der Waals surface area contributed by atoms with E-state index in [1.807, 2.05) is 0 Å². The Hall–Kier alpha value is -1.27. The number of hydrogen-bond donors (Lipinski definition) is 1. The molecule has 1 amide bonds. The number of hydrogen-bond acceptors (Lipinski definition) is 4. The second-order valence-electron chi connectivity index (χ2n) is 4.05. The summed E-state index contributed by atoms with van der Waals surface area (Å²) >= 11 is 0. The molecule has 1 aliphatic carbocycles. The highest BCUT2D eigenvalue weighted by atomic mass is 35.7. The molecule has 0 saturated heterocycles. The topological polar surface area (TPSA) is 72.5 Å². The van der Waals surface area contributed by atoms with Gasteiger partial charge in [0.05, 0.1) is 17.6 Å². The van der Waals surface area contributed by atoms with Gasteiger partial charge in [0.1, 0.15) is 5.75 Å². The summed E-state index contributed by atoms with van der Waals surface area (Å²) in [5, 5.41) is 2.77. The summed E-state index contributed by atoms with van der Waals surface area (Å²) in [5.41, 5.74) is 0.172. The van der Waals surface area contributed by atoms with Crippen LogP contribution in [0.25, 0.3) is 0 Å². The molecular weight excluding hydrogens is 278 g/mol. The van der Waals surface area contributed by atoms with E-state index in [-0.39, 0.29) is 22.4 Å². The van der Waals surface area contributed by atoms with Gasteiger partial charge in [-0.1, -0.05) is 0 Å². The number of carbonyl (C=O) groups excluding carboxylic acids is 1. The predicted molar refractivity (Wildman–Crippen MR) is 66.5 cm³/mol. The number of ether oxygens (including phenoxy) is 1. The molecule has 5 nitrogen and oxygen atoms in total. The summed E-state index contributed by atoms with van der Waals surface area (Å²) < 4.78 is 27.5. The van der Waals surface area contributed by atoms with E-state index in [2.05, 4.69) is 5.32 Å². The van der Waals surface area contributed by atoms with E-state index >= 15 is 0 Å². The summed E-state index contributed by atoms with van der Waals surface area (Å²) in [7, 11) is 2.80. The van der Waals surface area contributed by atoms with Crippen LogP contribution >= 0.6 is 10.7 Å². The summed E-state index contributed by atoms with van der Waals surface area (Å²) in [5.74, 6) is -0.0336. The minimum absolute atomic E-state index is 0.120. The average molecular weight is 290 g/mol. The van der Waals surface area contributed by atoms with Gasteiger partial charge in [-0.15, -0.1) is 0 Å². The first-order valence-electron chi connectivity index (χ1n) is 5.35. The van der Waals surface area contributed by atoms with Crippen molar-refractivity contribution in [2.45, 2.75) is 23.8 Å². The van der Waals surface area contributed by atoms with Crippen molar-refractivity contribution in [3.8, 4) is 5.75 Å². The number of amides is 1. The highest BCUT2D eigenvalue weighted by molar-refractivity contribution is 8.13. The molecule has 0 aromatic heterocycles. The molecule has 0 aliphatic heterocycles. The van der Waals surface area contributed by atoms with Crippen molar-refractivity contribution >= 4 is 25.6 Å². The molecule has 0 radical (unpaired) electrons. The zero-order chi connectivity index (χ0) is 13.3. The highest BCUT2D eigenvalue weighted by Gasteiger charge is 2.26. The molecule has 0 heterocycles. The van der Waals surface area contributed by atoms with Gasteiger partial charge in [-0.05, 0) is 31.0 Å². The van der Waals surface area contributed by atoms with Crippen LogP contribution in [0, 0.1) is 0 Å². The zero-order valence-corrected chi connectivity index (χ0v) is 11.2. The third-order valence-electron chi connectivity index (χ3n) is 2.61. The van der Waals surface area contributed by atoms with E-state index in [9.17, 15) is 13.2 Å². The van der Waals surface area contributed by atoms with Crippen molar-refractivity contribution in [1.29, 1.82) is 0 Å². The number of methoxy groups -OCH3 is 1. The third-order valence-corrected chi connectivity index (χ3v) is 3.96. The molecule has 0 spiro atoms. The first kappa shape index (κ1) is 13.2. The van der Waals surface area contributed by atoms with Crippen LogP contribution in [-0.4, -0.2) is 27.5 Å². The Morgan fingerprint density at radius 2 is 2.11 bits per heavy atom. The van der Waals surface area contributed by atoms with Gasteiger partial charge in [0.2, 0.25) is 0 Å². The molecule has 1 aromatic carbocycles. The first-order valence-corrected chi connectivity index (χ1v) is 7.66. The van der Waals surface area contributed by atoms with Crippen molar-refractivity contribution in [2.24, 2.45) is 0 Å². The average Bonchev–Trinajstić information content (AvgIpc) is 3.10. The molecule has 1 N–H and O–H groups in total. The minimum Gasteiger partial charge on any atom is -0.496 e. The molecule has 18 heavy (non-hydrogen) atoms. The molecule has 7 heteroatoms. The normalized spacial score (nSPS) is 15.2. The maximum Gasteiger partial charge on any atom is 0.261 e. The van der Waals surface area contributed by atoms with Gasteiger partial charge in [0, 0.05) is 16.7 Å². The Morgan fingerprint density at radius 1 is 1.44 bits per heavy atom. The van der Waals surface area contributed by atoms with E-state index in [0.717, 1.165) is 12.8 Å². The number of nitrogens with one attached hydrogen (secondary N) is 1. The Balaban J connectivity index is 2.38. The van der Waals surface area contributed by atoms with Crippen LogP contribution in [0.3, 0.4) is 0 Å². The standard InChI is InChI=1S/C11H12ClNO4S/c1-17-10-5-4-8(18(12,15)16)6-9(10)11(14)13-7-2-3-7/h4-7H,2-3H2,1H3,(H,13,14). The van der Waals surface area contributed by atoms with Crippen molar-refractivity contribution in [2.75, 3.05) is 7.11 Å². The molecule has 98 valence electrons.